The minimum absolute atomic E-state index is 0.358. The largest absolute Gasteiger partial charge is 0.379 e. The molecular weight excluding hydrogens is 140 g/mol. The summed E-state index contributed by atoms with van der Waals surface area (Å²) in [6, 6.07) is 0. The van der Waals surface area contributed by atoms with Gasteiger partial charge in [-0.15, -0.1) is 6.42 Å². The van der Waals surface area contributed by atoms with E-state index >= 15 is 0 Å². The number of aliphatic hydroxyl groups is 1. The maximum Gasteiger partial charge on any atom is 0.150 e. The highest BCUT2D eigenvalue weighted by atomic mass is 32.2. The van der Waals surface area contributed by atoms with Crippen LogP contribution in [0.2, 0.25) is 0 Å². The molecule has 3 nitrogen and oxygen atoms in total. The van der Waals surface area contributed by atoms with E-state index in [0.717, 1.165) is 6.26 Å². The third-order valence-corrected chi connectivity index (χ3v) is 1.57. The van der Waals surface area contributed by atoms with Gasteiger partial charge in [0.15, 0.2) is 9.84 Å². The minimum Gasteiger partial charge on any atom is -0.379 e. The second-order valence-electron chi connectivity index (χ2n) is 1.77. The smallest absolute Gasteiger partial charge is 0.150 e. The van der Waals surface area contributed by atoms with Crippen LogP contribution in [0.4, 0.5) is 0 Å². The highest BCUT2D eigenvalue weighted by Gasteiger charge is 2.07. The van der Waals surface area contributed by atoms with Crippen LogP contribution < -0.4 is 0 Å². The van der Waals surface area contributed by atoms with Gasteiger partial charge in [-0.05, 0) is 0 Å². The predicted octanol–water partition coefficient (Wildman–Crippen LogP) is -0.975. The fraction of sp³-hybridized carbons (Fsp3) is 0.600. The molecule has 1 N–H and O–H groups in total. The molecule has 0 heterocycles. The Morgan fingerprint density at radius 2 is 2.22 bits per heavy atom. The summed E-state index contributed by atoms with van der Waals surface area (Å²) in [4.78, 5) is 0. The maximum absolute atomic E-state index is 10.3. The molecule has 0 radical (unpaired) electrons. The molecule has 9 heavy (non-hydrogen) atoms. The Kier molecular flexibility index (Phi) is 2.68. The Morgan fingerprint density at radius 1 is 1.78 bits per heavy atom. The van der Waals surface area contributed by atoms with Crippen molar-refractivity contribution in [2.24, 2.45) is 0 Å². The van der Waals surface area contributed by atoms with Crippen molar-refractivity contribution in [3.05, 3.63) is 0 Å². The highest BCUT2D eigenvalue weighted by molar-refractivity contribution is 7.90. The van der Waals surface area contributed by atoms with Crippen LogP contribution in [0, 0.1) is 12.3 Å². The molecule has 1 atom stereocenters. The summed E-state index contributed by atoms with van der Waals surface area (Å²) in [7, 11) is -3.13. The molecule has 0 aliphatic rings. The molecule has 0 aromatic carbocycles. The van der Waals surface area contributed by atoms with Crippen LogP contribution in [0.25, 0.3) is 0 Å². The van der Waals surface area contributed by atoms with Gasteiger partial charge in [0.25, 0.3) is 0 Å². The van der Waals surface area contributed by atoms with E-state index in [1.54, 1.807) is 0 Å². The summed E-state index contributed by atoms with van der Waals surface area (Å²) in [6.45, 7) is 0. The molecule has 4 heteroatoms. The van der Waals surface area contributed by atoms with Crippen molar-refractivity contribution in [1.29, 1.82) is 0 Å². The highest BCUT2D eigenvalue weighted by Crippen LogP contribution is 1.87. The van der Waals surface area contributed by atoms with Crippen LogP contribution in [0.15, 0.2) is 0 Å². The molecule has 0 fully saturated rings. The molecule has 0 bridgehead atoms. The third-order valence-electron chi connectivity index (χ3n) is 0.653. The van der Waals surface area contributed by atoms with E-state index in [9.17, 15) is 8.42 Å². The molecule has 0 saturated carbocycles. The molecule has 0 saturated heterocycles. The number of terminal acetylenes is 1. The first-order valence-corrected chi connectivity index (χ1v) is 4.33. The lowest BCUT2D eigenvalue weighted by atomic mass is 10.4. The first-order chi connectivity index (χ1) is 3.95. The van der Waals surface area contributed by atoms with Crippen LogP contribution in [0.1, 0.15) is 0 Å². The standard InChI is InChI=1S/C5H8O3S/c1-3-5(6)4-9(2,7)8/h1,5-6H,4H2,2H3. The van der Waals surface area contributed by atoms with E-state index in [4.69, 9.17) is 11.5 Å². The number of hydrogen-bond acceptors (Lipinski definition) is 3. The molecule has 0 spiro atoms. The Balaban J connectivity index is 3.94. The Morgan fingerprint density at radius 3 is 2.33 bits per heavy atom. The van der Waals surface area contributed by atoms with E-state index < -0.39 is 15.9 Å². The molecule has 0 amide bonds. The molecule has 52 valence electrons. The van der Waals surface area contributed by atoms with Crippen molar-refractivity contribution >= 4 is 9.84 Å². The van der Waals surface area contributed by atoms with Crippen LogP contribution in [0.5, 0.6) is 0 Å². The van der Waals surface area contributed by atoms with Crippen molar-refractivity contribution in [2.45, 2.75) is 6.10 Å². The van der Waals surface area contributed by atoms with Crippen molar-refractivity contribution in [1.82, 2.24) is 0 Å². The topological polar surface area (TPSA) is 54.4 Å². The van der Waals surface area contributed by atoms with Gasteiger partial charge in [0.1, 0.15) is 6.10 Å². The van der Waals surface area contributed by atoms with Crippen molar-refractivity contribution in [3.63, 3.8) is 0 Å². The number of sulfone groups is 1. The zero-order valence-corrected chi connectivity index (χ0v) is 5.85. The SMILES string of the molecule is C#CC(O)CS(C)(=O)=O. The lowest BCUT2D eigenvalue weighted by Crippen LogP contribution is -2.17. The summed E-state index contributed by atoms with van der Waals surface area (Å²) in [5, 5.41) is 8.58. The van der Waals surface area contributed by atoms with Crippen LogP contribution in [0.3, 0.4) is 0 Å². The van der Waals surface area contributed by atoms with E-state index in [-0.39, 0.29) is 5.75 Å². The third kappa shape index (κ3) is 5.34. The Hall–Kier alpha value is -0.530. The van der Waals surface area contributed by atoms with E-state index in [2.05, 4.69) is 0 Å². The predicted molar refractivity (Wildman–Crippen MR) is 34.6 cm³/mol. The first kappa shape index (κ1) is 8.47. The van der Waals surface area contributed by atoms with Crippen molar-refractivity contribution in [2.75, 3.05) is 12.0 Å². The maximum atomic E-state index is 10.3. The minimum atomic E-state index is -3.13. The fourth-order valence-electron chi connectivity index (χ4n) is 0.335. The number of aliphatic hydroxyl groups excluding tert-OH is 1. The van der Waals surface area contributed by atoms with Gasteiger partial charge >= 0.3 is 0 Å². The molecule has 0 aromatic heterocycles. The average Bonchev–Trinajstić information content (AvgIpc) is 1.62. The van der Waals surface area contributed by atoms with E-state index in [1.807, 2.05) is 5.92 Å². The molecular formula is C5H8O3S. The van der Waals surface area contributed by atoms with E-state index in [1.165, 1.54) is 0 Å². The van der Waals surface area contributed by atoms with Gasteiger partial charge in [-0.25, -0.2) is 8.42 Å². The quantitative estimate of drug-likeness (QED) is 0.512. The summed E-state index contributed by atoms with van der Waals surface area (Å²) in [6.07, 6.45) is 4.57. The van der Waals surface area contributed by atoms with Gasteiger partial charge in [-0.1, -0.05) is 5.92 Å². The zero-order valence-electron chi connectivity index (χ0n) is 5.03. The average molecular weight is 148 g/mol. The molecule has 1 unspecified atom stereocenters. The Labute approximate surface area is 54.6 Å². The lowest BCUT2D eigenvalue weighted by Gasteiger charge is -1.97. The fourth-order valence-corrected chi connectivity index (χ4v) is 1.00. The normalized spacial score (nSPS) is 14.3. The zero-order chi connectivity index (χ0) is 7.49. The van der Waals surface area contributed by atoms with Crippen molar-refractivity contribution in [3.8, 4) is 12.3 Å². The van der Waals surface area contributed by atoms with Crippen molar-refractivity contribution < 1.29 is 13.5 Å². The molecule has 0 aromatic rings. The van der Waals surface area contributed by atoms with Gasteiger partial charge in [0.05, 0.1) is 5.75 Å². The van der Waals surface area contributed by atoms with Crippen LogP contribution in [-0.2, 0) is 9.84 Å². The molecule has 0 rings (SSSR count). The van der Waals surface area contributed by atoms with E-state index in [0.29, 0.717) is 0 Å². The van der Waals surface area contributed by atoms with Gasteiger partial charge < -0.3 is 5.11 Å². The second kappa shape index (κ2) is 2.85. The van der Waals surface area contributed by atoms with Crippen LogP contribution >= 0.6 is 0 Å². The number of hydrogen-bond donors (Lipinski definition) is 1. The summed E-state index contributed by atoms with van der Waals surface area (Å²) < 4.78 is 20.7. The second-order valence-corrected chi connectivity index (χ2v) is 3.96. The Bertz CT molecular complexity index is 209. The summed E-state index contributed by atoms with van der Waals surface area (Å²) in [5.41, 5.74) is 0. The van der Waals surface area contributed by atoms with Gasteiger partial charge in [0.2, 0.25) is 0 Å². The number of rotatable bonds is 2. The molecule has 0 aliphatic heterocycles. The first-order valence-electron chi connectivity index (χ1n) is 2.27. The molecule has 0 aliphatic carbocycles. The summed E-state index contributed by atoms with van der Waals surface area (Å²) in [5.74, 6) is 1.54. The lowest BCUT2D eigenvalue weighted by molar-refractivity contribution is 0.255. The van der Waals surface area contributed by atoms with Crippen LogP contribution in [-0.4, -0.2) is 31.6 Å². The van der Waals surface area contributed by atoms with Gasteiger partial charge in [-0.3, -0.25) is 0 Å². The van der Waals surface area contributed by atoms with Gasteiger partial charge in [-0.2, -0.15) is 0 Å². The monoisotopic (exact) mass is 148 g/mol. The van der Waals surface area contributed by atoms with Gasteiger partial charge in [0, 0.05) is 6.26 Å². The summed E-state index contributed by atoms with van der Waals surface area (Å²) >= 11 is 0.